The third-order valence-corrected chi connectivity index (χ3v) is 6.51. The van der Waals surface area contributed by atoms with Crippen molar-refractivity contribution in [2.75, 3.05) is 27.4 Å². The fourth-order valence-electron chi connectivity index (χ4n) is 4.72. The van der Waals surface area contributed by atoms with Crippen LogP contribution in [0.5, 0.6) is 17.2 Å². The predicted molar refractivity (Wildman–Crippen MR) is 133 cm³/mol. The Morgan fingerprint density at radius 1 is 0.943 bits per heavy atom. The van der Waals surface area contributed by atoms with E-state index in [4.69, 9.17) is 14.2 Å². The van der Waals surface area contributed by atoms with Crippen molar-refractivity contribution in [1.29, 1.82) is 0 Å². The van der Waals surface area contributed by atoms with E-state index >= 15 is 0 Å². The van der Waals surface area contributed by atoms with Gasteiger partial charge in [0, 0.05) is 12.1 Å². The maximum absolute atomic E-state index is 13.9. The summed E-state index contributed by atoms with van der Waals surface area (Å²) in [6.07, 6.45) is 0.680. The van der Waals surface area contributed by atoms with Crippen molar-refractivity contribution in [2.24, 2.45) is 0 Å². The molecule has 1 amide bonds. The van der Waals surface area contributed by atoms with Gasteiger partial charge in [-0.2, -0.15) is 0 Å². The molecule has 5 rings (SSSR count). The van der Waals surface area contributed by atoms with Crippen LogP contribution in [0.4, 0.5) is 4.39 Å². The lowest BCUT2D eigenvalue weighted by Gasteiger charge is -2.38. The highest BCUT2D eigenvalue weighted by molar-refractivity contribution is 6.07. The molecule has 6 heteroatoms. The van der Waals surface area contributed by atoms with Crippen LogP contribution in [0.1, 0.15) is 27.5 Å². The molecular formula is C29H26FNO4. The van der Waals surface area contributed by atoms with Crippen molar-refractivity contribution < 1.29 is 23.4 Å². The molecule has 0 aromatic heterocycles. The fraction of sp³-hybridized carbons (Fsp3) is 0.207. The molecule has 0 unspecified atom stereocenters. The molecule has 0 radical (unpaired) electrons. The van der Waals surface area contributed by atoms with Gasteiger partial charge in [0.15, 0.2) is 11.5 Å². The molecule has 4 aromatic carbocycles. The van der Waals surface area contributed by atoms with Crippen LogP contribution in [0.25, 0.3) is 10.8 Å². The van der Waals surface area contributed by atoms with Crippen LogP contribution >= 0.6 is 0 Å². The van der Waals surface area contributed by atoms with E-state index < -0.39 is 0 Å². The Bertz CT molecular complexity index is 1360. The molecule has 0 saturated heterocycles. The number of hydrogen-bond acceptors (Lipinski definition) is 4. The maximum Gasteiger partial charge on any atom is 0.255 e. The molecule has 178 valence electrons. The van der Waals surface area contributed by atoms with Crippen LogP contribution in [0.3, 0.4) is 0 Å². The summed E-state index contributed by atoms with van der Waals surface area (Å²) >= 11 is 0. The second-order valence-electron chi connectivity index (χ2n) is 8.46. The molecule has 5 nitrogen and oxygen atoms in total. The van der Waals surface area contributed by atoms with Gasteiger partial charge in [0.1, 0.15) is 18.2 Å². The van der Waals surface area contributed by atoms with Gasteiger partial charge in [-0.3, -0.25) is 4.79 Å². The number of rotatable bonds is 6. The van der Waals surface area contributed by atoms with Gasteiger partial charge in [0.05, 0.1) is 20.3 Å². The summed E-state index contributed by atoms with van der Waals surface area (Å²) in [5.41, 5.74) is 2.68. The zero-order chi connectivity index (χ0) is 24.4. The molecule has 1 heterocycles. The smallest absolute Gasteiger partial charge is 0.255 e. The van der Waals surface area contributed by atoms with Gasteiger partial charge >= 0.3 is 0 Å². The summed E-state index contributed by atoms with van der Waals surface area (Å²) in [6, 6.07) is 23.1. The van der Waals surface area contributed by atoms with Gasteiger partial charge in [-0.1, -0.05) is 36.4 Å². The Labute approximate surface area is 203 Å². The number of amides is 1. The number of ether oxygens (including phenoxy) is 3. The highest BCUT2D eigenvalue weighted by Crippen LogP contribution is 2.39. The average Bonchev–Trinajstić information content (AvgIpc) is 2.91. The Morgan fingerprint density at radius 2 is 1.66 bits per heavy atom. The lowest BCUT2D eigenvalue weighted by molar-refractivity contribution is 0.0591. The molecule has 1 aliphatic rings. The second kappa shape index (κ2) is 9.66. The number of carbonyl (C=O) groups is 1. The first-order valence-corrected chi connectivity index (χ1v) is 11.5. The van der Waals surface area contributed by atoms with Crippen LogP contribution in [0.15, 0.2) is 78.9 Å². The number of fused-ring (bicyclic) bond motifs is 2. The third-order valence-electron chi connectivity index (χ3n) is 6.51. The Hall–Kier alpha value is -4.06. The Morgan fingerprint density at radius 3 is 2.43 bits per heavy atom. The molecule has 0 spiro atoms. The van der Waals surface area contributed by atoms with Crippen molar-refractivity contribution in [3.63, 3.8) is 0 Å². The normalized spacial score (nSPS) is 14.9. The Balaban J connectivity index is 1.55. The topological polar surface area (TPSA) is 48.0 Å². The van der Waals surface area contributed by atoms with Gasteiger partial charge in [-0.25, -0.2) is 4.39 Å². The van der Waals surface area contributed by atoms with Gasteiger partial charge in [0.25, 0.3) is 5.91 Å². The monoisotopic (exact) mass is 471 g/mol. The van der Waals surface area contributed by atoms with E-state index in [-0.39, 0.29) is 24.4 Å². The molecule has 0 N–H and O–H groups in total. The van der Waals surface area contributed by atoms with Gasteiger partial charge in [-0.05, 0) is 70.8 Å². The number of carbonyl (C=O) groups excluding carboxylic acids is 1. The zero-order valence-corrected chi connectivity index (χ0v) is 19.7. The van der Waals surface area contributed by atoms with Crippen molar-refractivity contribution >= 4 is 16.7 Å². The van der Waals surface area contributed by atoms with E-state index in [0.29, 0.717) is 35.8 Å². The predicted octanol–water partition coefficient (Wildman–Crippen LogP) is 5.81. The Kier molecular flexibility index (Phi) is 6.27. The van der Waals surface area contributed by atoms with Crippen LogP contribution in [0.2, 0.25) is 0 Å². The largest absolute Gasteiger partial charge is 0.493 e. The van der Waals surface area contributed by atoms with Crippen LogP contribution < -0.4 is 14.2 Å². The molecule has 0 bridgehead atoms. The van der Waals surface area contributed by atoms with Crippen LogP contribution in [-0.4, -0.2) is 38.2 Å². The fourth-order valence-corrected chi connectivity index (χ4v) is 4.72. The lowest BCUT2D eigenvalue weighted by atomic mass is 9.91. The molecule has 1 atom stereocenters. The molecule has 4 aromatic rings. The highest BCUT2D eigenvalue weighted by Gasteiger charge is 2.34. The maximum atomic E-state index is 13.9. The van der Waals surface area contributed by atoms with Crippen molar-refractivity contribution in [3.05, 3.63) is 101 Å². The number of halogens is 1. The van der Waals surface area contributed by atoms with Crippen molar-refractivity contribution in [3.8, 4) is 17.2 Å². The molecular weight excluding hydrogens is 445 g/mol. The minimum Gasteiger partial charge on any atom is -0.493 e. The summed E-state index contributed by atoms with van der Waals surface area (Å²) in [7, 11) is 3.20. The quantitative estimate of drug-likeness (QED) is 0.356. The summed E-state index contributed by atoms with van der Waals surface area (Å²) in [6.45, 7) is 0.743. The van der Waals surface area contributed by atoms with Crippen LogP contribution in [0, 0.1) is 5.82 Å². The number of methoxy groups -OCH3 is 2. The molecule has 0 aliphatic carbocycles. The first-order valence-electron chi connectivity index (χ1n) is 11.5. The number of benzene rings is 4. The summed E-state index contributed by atoms with van der Waals surface area (Å²) < 4.78 is 30.5. The molecule has 0 fully saturated rings. The van der Waals surface area contributed by atoms with E-state index in [9.17, 15) is 9.18 Å². The minimum atomic E-state index is -0.366. The summed E-state index contributed by atoms with van der Waals surface area (Å²) in [4.78, 5) is 15.8. The minimum absolute atomic E-state index is 0.0602. The number of nitrogens with zero attached hydrogens (tertiary/aromatic N) is 1. The van der Waals surface area contributed by atoms with Gasteiger partial charge in [0.2, 0.25) is 0 Å². The SMILES string of the molecule is COc1cc2c(cc1OC)[C@H](COc1ccc(F)cc1)N(C(=O)c1cccc3ccccc13)CC2. The van der Waals surface area contributed by atoms with Gasteiger partial charge in [-0.15, -0.1) is 0 Å². The van der Waals surface area contributed by atoms with E-state index in [1.165, 1.54) is 12.1 Å². The summed E-state index contributed by atoms with van der Waals surface area (Å²) in [5, 5.41) is 1.93. The van der Waals surface area contributed by atoms with E-state index in [1.807, 2.05) is 59.5 Å². The zero-order valence-electron chi connectivity index (χ0n) is 19.7. The standard InChI is InChI=1S/C29H26FNO4/c1-33-27-16-20-14-15-31(29(32)24-9-5-7-19-6-3-4-8-23(19)24)26(25(20)17-28(27)34-2)18-35-22-12-10-21(30)11-13-22/h3-13,16-17,26H,14-15,18H2,1-2H3/t26-/m0/s1. The molecule has 0 saturated carbocycles. The van der Waals surface area contributed by atoms with Crippen LogP contribution in [-0.2, 0) is 6.42 Å². The lowest BCUT2D eigenvalue weighted by Crippen LogP contribution is -2.42. The second-order valence-corrected chi connectivity index (χ2v) is 8.46. The van der Waals surface area contributed by atoms with E-state index in [0.717, 1.165) is 21.9 Å². The third kappa shape index (κ3) is 4.39. The number of hydrogen-bond donors (Lipinski definition) is 0. The van der Waals surface area contributed by atoms with E-state index in [1.54, 1.807) is 26.4 Å². The molecule has 35 heavy (non-hydrogen) atoms. The van der Waals surface area contributed by atoms with Crippen molar-refractivity contribution in [2.45, 2.75) is 12.5 Å². The van der Waals surface area contributed by atoms with Gasteiger partial charge < -0.3 is 19.1 Å². The highest BCUT2D eigenvalue weighted by atomic mass is 19.1. The average molecular weight is 472 g/mol. The van der Waals surface area contributed by atoms with E-state index in [2.05, 4.69) is 0 Å². The van der Waals surface area contributed by atoms with Crippen molar-refractivity contribution in [1.82, 2.24) is 4.90 Å². The first-order chi connectivity index (χ1) is 17.1. The first kappa shape index (κ1) is 22.7. The summed E-state index contributed by atoms with van der Waals surface area (Å²) in [5.74, 6) is 1.40. The molecule has 1 aliphatic heterocycles.